The second-order valence-corrected chi connectivity index (χ2v) is 10.9. The van der Waals surface area contributed by atoms with Gasteiger partial charge in [0.25, 0.3) is 11.6 Å². The highest BCUT2D eigenvalue weighted by Crippen LogP contribution is 2.36. The van der Waals surface area contributed by atoms with Crippen molar-refractivity contribution in [2.24, 2.45) is 4.99 Å². The lowest BCUT2D eigenvalue weighted by atomic mass is 10.1. The molecule has 0 radical (unpaired) electrons. The molecule has 4 aromatic carbocycles. The number of para-hydroxylation sites is 2. The number of carboxylic acid groups (broad SMARTS) is 1. The van der Waals surface area contributed by atoms with Crippen LogP contribution in [-0.4, -0.2) is 36.5 Å². The van der Waals surface area contributed by atoms with Crippen molar-refractivity contribution in [1.29, 1.82) is 0 Å². The zero-order valence-electron chi connectivity index (χ0n) is 22.7. The molecule has 0 aliphatic carbocycles. The summed E-state index contributed by atoms with van der Waals surface area (Å²) in [6.07, 6.45) is 3.85. The lowest BCUT2D eigenvalue weighted by molar-refractivity contribution is -0.384. The zero-order valence-corrected chi connectivity index (χ0v) is 23.5. The minimum atomic E-state index is -1.01. The van der Waals surface area contributed by atoms with Gasteiger partial charge in [0.1, 0.15) is 0 Å². The van der Waals surface area contributed by atoms with E-state index in [2.05, 4.69) is 4.57 Å². The number of aromatic nitrogens is 1. The van der Waals surface area contributed by atoms with E-state index in [1.54, 1.807) is 29.2 Å². The van der Waals surface area contributed by atoms with Crippen molar-refractivity contribution in [3.63, 3.8) is 0 Å². The van der Waals surface area contributed by atoms with E-state index in [1.807, 2.05) is 66.9 Å². The first-order chi connectivity index (χ1) is 20.9. The van der Waals surface area contributed by atoms with E-state index in [4.69, 9.17) is 4.99 Å². The number of rotatable bonds is 8. The molecule has 6 rings (SSSR count). The van der Waals surface area contributed by atoms with E-state index in [-0.39, 0.29) is 23.7 Å². The number of thioether (sulfide) groups is 1. The van der Waals surface area contributed by atoms with Gasteiger partial charge in [-0.05, 0) is 59.3 Å². The predicted molar refractivity (Wildman–Crippen MR) is 167 cm³/mol. The van der Waals surface area contributed by atoms with Crippen LogP contribution < -0.4 is 0 Å². The number of nitro benzene ring substituents is 1. The van der Waals surface area contributed by atoms with Gasteiger partial charge in [0.2, 0.25) is 0 Å². The van der Waals surface area contributed by atoms with Crippen LogP contribution in [0.2, 0.25) is 0 Å². The summed E-state index contributed by atoms with van der Waals surface area (Å²) >= 11 is 1.29. The van der Waals surface area contributed by atoms with E-state index < -0.39 is 10.9 Å². The van der Waals surface area contributed by atoms with Crippen LogP contribution in [0.4, 0.5) is 11.4 Å². The van der Waals surface area contributed by atoms with Gasteiger partial charge in [0.05, 0.1) is 27.6 Å². The minimum Gasteiger partial charge on any atom is -0.478 e. The third kappa shape index (κ3) is 5.95. The van der Waals surface area contributed by atoms with E-state index in [0.29, 0.717) is 22.3 Å². The second kappa shape index (κ2) is 11.8. The molecule has 1 N–H and O–H groups in total. The zero-order chi connectivity index (χ0) is 29.9. The maximum Gasteiger partial charge on any atom is 0.335 e. The number of aliphatic imine (C=N–C) groups is 1. The van der Waals surface area contributed by atoms with E-state index in [0.717, 1.165) is 27.6 Å². The highest BCUT2D eigenvalue weighted by molar-refractivity contribution is 8.18. The summed E-state index contributed by atoms with van der Waals surface area (Å²) in [4.78, 5) is 42.6. The van der Waals surface area contributed by atoms with Crippen LogP contribution >= 0.6 is 11.8 Å². The number of benzene rings is 4. The molecule has 0 unspecified atom stereocenters. The van der Waals surface area contributed by atoms with Gasteiger partial charge < -0.3 is 9.67 Å². The van der Waals surface area contributed by atoms with Crippen LogP contribution in [0.25, 0.3) is 17.0 Å². The second-order valence-electron chi connectivity index (χ2n) is 9.89. The smallest absolute Gasteiger partial charge is 0.335 e. The van der Waals surface area contributed by atoms with Gasteiger partial charge in [-0.1, -0.05) is 60.7 Å². The topological polar surface area (TPSA) is 118 Å². The van der Waals surface area contributed by atoms with Gasteiger partial charge in [0, 0.05) is 41.3 Å². The SMILES string of the molecule is O=C(O)c1ccc(CN2C(=O)C(=Cc3cn(Cc4ccc([N+](=O)[O-])cc4)c4ccccc34)SC2=Nc2ccccc2)cc1. The Balaban J connectivity index is 1.35. The third-order valence-corrected chi connectivity index (χ3v) is 8.02. The number of amidine groups is 1. The van der Waals surface area contributed by atoms with Gasteiger partial charge in [0.15, 0.2) is 5.17 Å². The van der Waals surface area contributed by atoms with Crippen molar-refractivity contribution in [3.05, 3.63) is 147 Å². The van der Waals surface area contributed by atoms with E-state index in [1.165, 1.54) is 36.0 Å². The number of carbonyl (C=O) groups is 2. The highest BCUT2D eigenvalue weighted by atomic mass is 32.2. The minimum absolute atomic E-state index is 0.0404. The first kappa shape index (κ1) is 27.7. The summed E-state index contributed by atoms with van der Waals surface area (Å²) in [7, 11) is 0. The largest absolute Gasteiger partial charge is 0.478 e. The number of hydrogen-bond donors (Lipinski definition) is 1. The molecule has 1 amide bonds. The Morgan fingerprint density at radius 2 is 1.53 bits per heavy atom. The summed E-state index contributed by atoms with van der Waals surface area (Å²) in [5, 5.41) is 21.8. The molecule has 0 saturated carbocycles. The Morgan fingerprint density at radius 1 is 0.884 bits per heavy atom. The lowest BCUT2D eigenvalue weighted by Crippen LogP contribution is -2.28. The highest BCUT2D eigenvalue weighted by Gasteiger charge is 2.34. The molecule has 1 aliphatic heterocycles. The number of carboxylic acids is 1. The fourth-order valence-corrected chi connectivity index (χ4v) is 5.85. The van der Waals surface area contributed by atoms with Crippen LogP contribution in [0, 0.1) is 10.1 Å². The molecule has 2 heterocycles. The van der Waals surface area contributed by atoms with Gasteiger partial charge in [-0.25, -0.2) is 9.79 Å². The van der Waals surface area contributed by atoms with Crippen LogP contribution in [0.3, 0.4) is 0 Å². The molecule has 0 spiro atoms. The van der Waals surface area contributed by atoms with Gasteiger partial charge in [-0.2, -0.15) is 0 Å². The van der Waals surface area contributed by atoms with E-state index >= 15 is 0 Å². The molecule has 1 fully saturated rings. The molecule has 10 heteroatoms. The Morgan fingerprint density at radius 3 is 2.23 bits per heavy atom. The van der Waals surface area contributed by atoms with Crippen molar-refractivity contribution in [2.45, 2.75) is 13.1 Å². The quantitative estimate of drug-likeness (QED) is 0.117. The number of non-ortho nitro benzene ring substituents is 1. The number of nitro groups is 1. The summed E-state index contributed by atoms with van der Waals surface area (Å²) in [6.45, 7) is 0.735. The van der Waals surface area contributed by atoms with Crippen LogP contribution in [0.15, 0.2) is 119 Å². The van der Waals surface area contributed by atoms with Crippen molar-refractivity contribution < 1.29 is 19.6 Å². The Hall–Kier alpha value is -5.48. The monoisotopic (exact) mass is 588 g/mol. The van der Waals surface area contributed by atoms with Gasteiger partial charge in [-0.3, -0.25) is 19.8 Å². The van der Waals surface area contributed by atoms with Crippen molar-refractivity contribution in [3.8, 4) is 0 Å². The van der Waals surface area contributed by atoms with Crippen LogP contribution in [-0.2, 0) is 17.9 Å². The number of fused-ring (bicyclic) bond motifs is 1. The normalized spacial score (nSPS) is 15.1. The summed E-state index contributed by atoms with van der Waals surface area (Å²) in [5.74, 6) is -1.21. The number of hydrogen-bond acceptors (Lipinski definition) is 6. The first-order valence-electron chi connectivity index (χ1n) is 13.3. The molecule has 0 atom stereocenters. The van der Waals surface area contributed by atoms with Crippen molar-refractivity contribution in [1.82, 2.24) is 9.47 Å². The molecule has 1 aromatic heterocycles. The maximum atomic E-state index is 13.8. The number of aromatic carboxylic acids is 1. The summed E-state index contributed by atoms with van der Waals surface area (Å²) in [6, 6.07) is 30.2. The van der Waals surface area contributed by atoms with Crippen molar-refractivity contribution >= 4 is 57.2 Å². The number of amides is 1. The Bertz CT molecular complexity index is 1910. The van der Waals surface area contributed by atoms with Crippen LogP contribution in [0.1, 0.15) is 27.0 Å². The van der Waals surface area contributed by atoms with Gasteiger partial charge >= 0.3 is 5.97 Å². The summed E-state index contributed by atoms with van der Waals surface area (Å²) < 4.78 is 2.06. The average molecular weight is 589 g/mol. The summed E-state index contributed by atoms with van der Waals surface area (Å²) in [5.41, 5.74) is 4.45. The number of nitrogens with zero attached hydrogens (tertiary/aromatic N) is 4. The standard InChI is InChI=1S/C33H24N4O5S/c38-31-30(18-25-21-35(29-9-5-4-8-28(25)29)19-22-12-16-27(17-13-22)37(41)42)43-33(34-26-6-2-1-3-7-26)36(31)20-23-10-14-24(15-11-23)32(39)40/h1-18,21H,19-20H2,(H,39,40). The number of carbonyl (C=O) groups excluding carboxylic acids is 1. The van der Waals surface area contributed by atoms with Gasteiger partial charge in [-0.15, -0.1) is 0 Å². The molecule has 1 aliphatic rings. The molecular weight excluding hydrogens is 564 g/mol. The van der Waals surface area contributed by atoms with E-state index in [9.17, 15) is 24.8 Å². The molecule has 1 saturated heterocycles. The molecular formula is C33H24N4O5S. The fraction of sp³-hybridized carbons (Fsp3) is 0.0606. The molecule has 43 heavy (non-hydrogen) atoms. The molecule has 0 bridgehead atoms. The molecule has 5 aromatic rings. The first-order valence-corrected chi connectivity index (χ1v) is 14.2. The predicted octanol–water partition coefficient (Wildman–Crippen LogP) is 7.10. The maximum absolute atomic E-state index is 13.8. The van der Waals surface area contributed by atoms with Crippen molar-refractivity contribution in [2.75, 3.05) is 0 Å². The fourth-order valence-electron chi connectivity index (χ4n) is 4.86. The lowest BCUT2D eigenvalue weighted by Gasteiger charge is -2.16. The Labute approximate surface area is 250 Å². The third-order valence-electron chi connectivity index (χ3n) is 7.02. The average Bonchev–Trinajstić information content (AvgIpc) is 3.50. The van der Waals surface area contributed by atoms with Crippen LogP contribution in [0.5, 0.6) is 0 Å². The molecule has 212 valence electrons. The molecule has 9 nitrogen and oxygen atoms in total. The Kier molecular flexibility index (Phi) is 7.59.